The zero-order chi connectivity index (χ0) is 18.9. The highest BCUT2D eigenvalue weighted by Gasteiger charge is 2.48. The van der Waals surface area contributed by atoms with Gasteiger partial charge < -0.3 is 16.0 Å². The number of hydrogen-bond donors (Lipinski definition) is 2. The smallest absolute Gasteiger partial charge is 0.249 e. The summed E-state index contributed by atoms with van der Waals surface area (Å²) in [4.78, 5) is 37.3. The van der Waals surface area contributed by atoms with Gasteiger partial charge in [0.15, 0.2) is 0 Å². The predicted molar refractivity (Wildman–Crippen MR) is 94.9 cm³/mol. The van der Waals surface area contributed by atoms with E-state index in [2.05, 4.69) is 5.32 Å². The zero-order valence-electron chi connectivity index (χ0n) is 14.9. The standard InChI is InChI=1S/C19H24FN3O3/c1-12(24)22-14(7-8-16(21)25)18(26)23-11-19(9-2-3-10-19)17-13(20)5-4-6-15(17)23/h4-6,14H,2-3,7-11H2,1H3,(H2,21,25)(H,22,24)/t14-/m0/s1. The van der Waals surface area contributed by atoms with Gasteiger partial charge in [0, 0.05) is 30.9 Å². The number of benzene rings is 1. The molecule has 3 rings (SSSR count). The average molecular weight is 361 g/mol. The van der Waals surface area contributed by atoms with Crippen molar-refractivity contribution < 1.29 is 18.8 Å². The third kappa shape index (κ3) is 3.30. The van der Waals surface area contributed by atoms with Crippen LogP contribution in [0.3, 0.4) is 0 Å². The number of nitrogens with one attached hydrogen (secondary N) is 1. The summed E-state index contributed by atoms with van der Waals surface area (Å²) >= 11 is 0. The lowest BCUT2D eigenvalue weighted by Gasteiger charge is -2.27. The van der Waals surface area contributed by atoms with E-state index < -0.39 is 11.9 Å². The molecule has 1 aliphatic heterocycles. The molecule has 1 atom stereocenters. The van der Waals surface area contributed by atoms with Crippen molar-refractivity contribution in [3.63, 3.8) is 0 Å². The Hall–Kier alpha value is -2.44. The molecule has 0 bridgehead atoms. The molecule has 1 heterocycles. The first-order chi connectivity index (χ1) is 12.3. The van der Waals surface area contributed by atoms with E-state index in [9.17, 15) is 18.8 Å². The Bertz CT molecular complexity index is 744. The van der Waals surface area contributed by atoms with E-state index in [-0.39, 0.29) is 35.9 Å². The zero-order valence-corrected chi connectivity index (χ0v) is 14.9. The molecular weight excluding hydrogens is 337 g/mol. The number of primary amides is 1. The molecule has 0 unspecified atom stereocenters. The second-order valence-corrected chi connectivity index (χ2v) is 7.30. The van der Waals surface area contributed by atoms with Crippen molar-refractivity contribution in [1.82, 2.24) is 5.32 Å². The lowest BCUT2D eigenvalue weighted by molar-refractivity contribution is -0.127. The van der Waals surface area contributed by atoms with Crippen LogP contribution in [0.4, 0.5) is 10.1 Å². The Morgan fingerprint density at radius 1 is 1.31 bits per heavy atom. The summed E-state index contributed by atoms with van der Waals surface area (Å²) in [6.07, 6.45) is 3.82. The highest BCUT2D eigenvalue weighted by molar-refractivity contribution is 6.01. The molecule has 2 aliphatic rings. The molecule has 7 heteroatoms. The van der Waals surface area contributed by atoms with Gasteiger partial charge in [-0.15, -0.1) is 0 Å². The van der Waals surface area contributed by atoms with E-state index in [4.69, 9.17) is 5.73 Å². The number of nitrogens with two attached hydrogens (primary N) is 1. The van der Waals surface area contributed by atoms with E-state index in [1.165, 1.54) is 13.0 Å². The number of carbonyl (C=O) groups excluding carboxylic acids is 3. The van der Waals surface area contributed by atoms with Gasteiger partial charge >= 0.3 is 0 Å². The number of amides is 3. The van der Waals surface area contributed by atoms with Crippen LogP contribution in [0.1, 0.15) is 51.0 Å². The molecule has 26 heavy (non-hydrogen) atoms. The molecule has 140 valence electrons. The minimum atomic E-state index is -0.854. The molecule has 6 nitrogen and oxygen atoms in total. The maximum Gasteiger partial charge on any atom is 0.249 e. The summed E-state index contributed by atoms with van der Waals surface area (Å²) in [5.74, 6) is -1.50. The first-order valence-electron chi connectivity index (χ1n) is 9.00. The van der Waals surface area contributed by atoms with Gasteiger partial charge in [0.05, 0.1) is 5.69 Å². The third-order valence-corrected chi connectivity index (χ3v) is 5.46. The normalized spacial score (nSPS) is 18.6. The van der Waals surface area contributed by atoms with Crippen LogP contribution in [-0.2, 0) is 19.8 Å². The van der Waals surface area contributed by atoms with Crippen molar-refractivity contribution >= 4 is 23.4 Å². The van der Waals surface area contributed by atoms with Crippen LogP contribution in [0, 0.1) is 5.82 Å². The van der Waals surface area contributed by atoms with E-state index in [0.29, 0.717) is 17.8 Å². The van der Waals surface area contributed by atoms with E-state index in [1.807, 2.05) is 0 Å². The molecular formula is C19H24FN3O3. The summed E-state index contributed by atoms with van der Waals surface area (Å²) in [5.41, 5.74) is 6.03. The van der Waals surface area contributed by atoms with Gasteiger partial charge in [-0.1, -0.05) is 18.9 Å². The minimum Gasteiger partial charge on any atom is -0.370 e. The number of halogens is 1. The lowest BCUT2D eigenvalue weighted by atomic mass is 9.80. The molecule has 1 saturated carbocycles. The van der Waals surface area contributed by atoms with Crippen LogP contribution < -0.4 is 16.0 Å². The third-order valence-electron chi connectivity index (χ3n) is 5.46. The lowest BCUT2D eigenvalue weighted by Crippen LogP contribution is -2.49. The first-order valence-corrected chi connectivity index (χ1v) is 9.00. The van der Waals surface area contributed by atoms with Crippen LogP contribution >= 0.6 is 0 Å². The fourth-order valence-corrected chi connectivity index (χ4v) is 4.36. The van der Waals surface area contributed by atoms with E-state index in [0.717, 1.165) is 25.7 Å². The predicted octanol–water partition coefficient (Wildman–Crippen LogP) is 1.75. The number of nitrogens with zero attached hydrogens (tertiary/aromatic N) is 1. The molecule has 0 radical (unpaired) electrons. The second kappa shape index (κ2) is 7.05. The quantitative estimate of drug-likeness (QED) is 0.837. The van der Waals surface area contributed by atoms with Crippen molar-refractivity contribution in [2.24, 2.45) is 5.73 Å². The Morgan fingerprint density at radius 3 is 2.62 bits per heavy atom. The summed E-state index contributed by atoms with van der Waals surface area (Å²) in [6.45, 7) is 1.73. The van der Waals surface area contributed by atoms with Gasteiger partial charge in [-0.25, -0.2) is 4.39 Å². The van der Waals surface area contributed by atoms with Crippen LogP contribution in [0.2, 0.25) is 0 Å². The van der Waals surface area contributed by atoms with E-state index >= 15 is 0 Å². The number of anilines is 1. The fourth-order valence-electron chi connectivity index (χ4n) is 4.36. The summed E-state index contributed by atoms with van der Waals surface area (Å²) in [6, 6.07) is 3.93. The maximum atomic E-state index is 14.6. The Morgan fingerprint density at radius 2 is 2.00 bits per heavy atom. The molecule has 1 aromatic carbocycles. The summed E-state index contributed by atoms with van der Waals surface area (Å²) in [5, 5.41) is 2.60. The number of rotatable bonds is 5. The number of carbonyl (C=O) groups is 3. The highest BCUT2D eigenvalue weighted by atomic mass is 19.1. The average Bonchev–Trinajstić information content (AvgIpc) is 3.17. The van der Waals surface area contributed by atoms with E-state index in [1.54, 1.807) is 17.0 Å². The topological polar surface area (TPSA) is 92.5 Å². The molecule has 3 amide bonds. The van der Waals surface area contributed by atoms with Crippen LogP contribution in [-0.4, -0.2) is 30.3 Å². The molecule has 0 saturated heterocycles. The monoisotopic (exact) mass is 361 g/mol. The Balaban J connectivity index is 1.92. The maximum absolute atomic E-state index is 14.6. The van der Waals surface area contributed by atoms with Gasteiger partial charge in [0.25, 0.3) is 0 Å². The Labute approximate surface area is 151 Å². The molecule has 1 spiro atoms. The molecule has 0 aromatic heterocycles. The van der Waals surface area contributed by atoms with Gasteiger partial charge in [0.2, 0.25) is 17.7 Å². The van der Waals surface area contributed by atoms with Crippen molar-refractivity contribution in [3.05, 3.63) is 29.6 Å². The molecule has 1 fully saturated rings. The number of fused-ring (bicyclic) bond motifs is 2. The first kappa shape index (κ1) is 18.4. The summed E-state index contributed by atoms with van der Waals surface area (Å²) < 4.78 is 14.6. The van der Waals surface area contributed by atoms with Gasteiger partial charge in [-0.2, -0.15) is 0 Å². The minimum absolute atomic E-state index is 0.00826. The largest absolute Gasteiger partial charge is 0.370 e. The fraction of sp³-hybridized carbons (Fsp3) is 0.526. The van der Waals surface area contributed by atoms with Gasteiger partial charge in [0.1, 0.15) is 11.9 Å². The molecule has 1 aliphatic carbocycles. The molecule has 3 N–H and O–H groups in total. The van der Waals surface area contributed by atoms with Crippen LogP contribution in [0.25, 0.3) is 0 Å². The Kier molecular flexibility index (Phi) is 4.98. The SMILES string of the molecule is CC(=O)N[C@@H](CCC(N)=O)C(=O)N1CC2(CCCC2)c2c(F)cccc21. The van der Waals surface area contributed by atoms with Gasteiger partial charge in [-0.3, -0.25) is 14.4 Å². The van der Waals surface area contributed by atoms with Crippen molar-refractivity contribution in [1.29, 1.82) is 0 Å². The number of hydrogen-bond acceptors (Lipinski definition) is 3. The van der Waals surface area contributed by atoms with Crippen molar-refractivity contribution in [2.45, 2.75) is 56.9 Å². The second-order valence-electron chi connectivity index (χ2n) is 7.30. The van der Waals surface area contributed by atoms with Crippen LogP contribution in [0.5, 0.6) is 0 Å². The highest BCUT2D eigenvalue weighted by Crippen LogP contribution is 2.51. The van der Waals surface area contributed by atoms with Crippen molar-refractivity contribution in [3.8, 4) is 0 Å². The summed E-state index contributed by atoms with van der Waals surface area (Å²) in [7, 11) is 0. The van der Waals surface area contributed by atoms with Crippen LogP contribution in [0.15, 0.2) is 18.2 Å². The molecule has 1 aromatic rings. The van der Waals surface area contributed by atoms with Crippen molar-refractivity contribution in [2.75, 3.05) is 11.4 Å². The van der Waals surface area contributed by atoms with Gasteiger partial charge in [-0.05, 0) is 31.4 Å².